The Morgan fingerprint density at radius 3 is 3.00 bits per heavy atom. The van der Waals surface area contributed by atoms with Gasteiger partial charge in [-0.05, 0) is 37.5 Å². The van der Waals surface area contributed by atoms with Crippen LogP contribution in [0.4, 0.5) is 0 Å². The van der Waals surface area contributed by atoms with Gasteiger partial charge in [0.1, 0.15) is 5.75 Å². The molecule has 1 aliphatic rings. The molecule has 0 bridgehead atoms. The van der Waals surface area contributed by atoms with Gasteiger partial charge in [-0.25, -0.2) is 0 Å². The van der Waals surface area contributed by atoms with Gasteiger partial charge in [0, 0.05) is 25.1 Å². The van der Waals surface area contributed by atoms with Crippen LogP contribution < -0.4 is 10.1 Å². The molecular weight excluding hydrogens is 214 g/mol. The molecule has 3 nitrogen and oxygen atoms in total. The van der Waals surface area contributed by atoms with E-state index in [2.05, 4.69) is 24.4 Å². The van der Waals surface area contributed by atoms with Crippen LogP contribution >= 0.6 is 0 Å². The van der Waals surface area contributed by atoms with Crippen molar-refractivity contribution in [2.45, 2.75) is 38.3 Å². The monoisotopic (exact) mass is 235 g/mol. The van der Waals surface area contributed by atoms with E-state index in [1.807, 2.05) is 12.1 Å². The quantitative estimate of drug-likeness (QED) is 0.712. The summed E-state index contributed by atoms with van der Waals surface area (Å²) >= 11 is 0. The highest BCUT2D eigenvalue weighted by Crippen LogP contribution is 2.25. The van der Waals surface area contributed by atoms with Crippen molar-refractivity contribution in [3.05, 3.63) is 29.8 Å². The maximum atomic E-state index is 8.70. The predicted molar refractivity (Wildman–Crippen MR) is 68.2 cm³/mol. The molecule has 94 valence electrons. The van der Waals surface area contributed by atoms with E-state index in [1.54, 1.807) is 0 Å². The summed E-state index contributed by atoms with van der Waals surface area (Å²) in [6.07, 6.45) is 3.29. The Kier molecular flexibility index (Phi) is 4.40. The molecule has 0 amide bonds. The van der Waals surface area contributed by atoms with Crippen molar-refractivity contribution in [2.24, 2.45) is 0 Å². The van der Waals surface area contributed by atoms with Gasteiger partial charge in [0.05, 0.1) is 6.61 Å². The van der Waals surface area contributed by atoms with E-state index in [-0.39, 0.29) is 6.61 Å². The minimum atomic E-state index is 0.180. The van der Waals surface area contributed by atoms with Gasteiger partial charge in [0.2, 0.25) is 0 Å². The minimum absolute atomic E-state index is 0.180. The van der Waals surface area contributed by atoms with Crippen LogP contribution in [0.2, 0.25) is 0 Å². The zero-order valence-corrected chi connectivity index (χ0v) is 10.4. The fourth-order valence-electron chi connectivity index (χ4n) is 1.83. The van der Waals surface area contributed by atoms with E-state index < -0.39 is 0 Å². The Morgan fingerprint density at radius 2 is 2.29 bits per heavy atom. The molecule has 0 heterocycles. The predicted octanol–water partition coefficient (Wildman–Crippen LogP) is 2.26. The number of hydrogen-bond acceptors (Lipinski definition) is 3. The van der Waals surface area contributed by atoms with Crippen LogP contribution in [0.5, 0.6) is 5.75 Å². The van der Waals surface area contributed by atoms with Crippen molar-refractivity contribution in [3.63, 3.8) is 0 Å². The number of aliphatic hydroxyl groups excluding tert-OH is 1. The van der Waals surface area contributed by atoms with E-state index in [0.717, 1.165) is 5.75 Å². The highest BCUT2D eigenvalue weighted by atomic mass is 16.5. The molecule has 2 N–H and O–H groups in total. The number of ether oxygens (including phenoxy) is 1. The van der Waals surface area contributed by atoms with Gasteiger partial charge in [-0.15, -0.1) is 0 Å². The Bertz CT molecular complexity index is 350. The summed E-state index contributed by atoms with van der Waals surface area (Å²) in [6.45, 7) is 2.94. The smallest absolute Gasteiger partial charge is 0.119 e. The van der Waals surface area contributed by atoms with Gasteiger partial charge in [-0.3, -0.25) is 0 Å². The first kappa shape index (κ1) is 12.4. The fourth-order valence-corrected chi connectivity index (χ4v) is 1.83. The molecule has 0 saturated heterocycles. The summed E-state index contributed by atoms with van der Waals surface area (Å²) in [4.78, 5) is 0. The normalized spacial score (nSPS) is 16.8. The highest BCUT2D eigenvalue weighted by Gasteiger charge is 2.23. The molecule has 0 spiro atoms. The third-order valence-corrected chi connectivity index (χ3v) is 2.99. The van der Waals surface area contributed by atoms with Crippen LogP contribution in [-0.2, 0) is 0 Å². The summed E-state index contributed by atoms with van der Waals surface area (Å²) in [5.41, 5.74) is 1.26. The molecule has 1 atom stereocenters. The second-order valence-corrected chi connectivity index (χ2v) is 4.66. The third-order valence-electron chi connectivity index (χ3n) is 2.99. The van der Waals surface area contributed by atoms with Gasteiger partial charge >= 0.3 is 0 Å². The molecule has 17 heavy (non-hydrogen) atoms. The van der Waals surface area contributed by atoms with Crippen molar-refractivity contribution in [1.29, 1.82) is 0 Å². The molecular formula is C14H21NO2. The lowest BCUT2D eigenvalue weighted by molar-refractivity contribution is 0.233. The molecule has 1 aliphatic carbocycles. The Morgan fingerprint density at radius 1 is 1.47 bits per heavy atom. The van der Waals surface area contributed by atoms with Crippen LogP contribution in [0.3, 0.4) is 0 Å². The van der Waals surface area contributed by atoms with Crippen molar-refractivity contribution < 1.29 is 9.84 Å². The SMILES string of the molecule is CC(NC1CC1)c1cccc(OCCCO)c1. The summed E-state index contributed by atoms with van der Waals surface area (Å²) in [6, 6.07) is 9.28. The molecule has 3 heteroatoms. The van der Waals surface area contributed by atoms with Crippen LogP contribution in [0.1, 0.15) is 37.8 Å². The lowest BCUT2D eigenvalue weighted by Crippen LogP contribution is -2.20. The van der Waals surface area contributed by atoms with E-state index in [1.165, 1.54) is 18.4 Å². The van der Waals surface area contributed by atoms with Gasteiger partial charge in [0.15, 0.2) is 0 Å². The van der Waals surface area contributed by atoms with Gasteiger partial charge in [-0.2, -0.15) is 0 Å². The average molecular weight is 235 g/mol. The van der Waals surface area contributed by atoms with Crippen molar-refractivity contribution >= 4 is 0 Å². The number of nitrogens with one attached hydrogen (secondary N) is 1. The molecule has 2 rings (SSSR count). The zero-order valence-electron chi connectivity index (χ0n) is 10.4. The Balaban J connectivity index is 1.90. The summed E-state index contributed by atoms with van der Waals surface area (Å²) in [5.74, 6) is 0.889. The highest BCUT2D eigenvalue weighted by molar-refractivity contribution is 5.30. The first-order chi connectivity index (χ1) is 8.29. The van der Waals surface area contributed by atoms with Crippen LogP contribution in [0.15, 0.2) is 24.3 Å². The molecule has 1 aromatic carbocycles. The van der Waals surface area contributed by atoms with Crippen LogP contribution in [-0.4, -0.2) is 24.4 Å². The topological polar surface area (TPSA) is 41.5 Å². The number of benzene rings is 1. The van der Waals surface area contributed by atoms with Crippen LogP contribution in [0, 0.1) is 0 Å². The van der Waals surface area contributed by atoms with Gasteiger partial charge in [0.25, 0.3) is 0 Å². The lowest BCUT2D eigenvalue weighted by atomic mass is 10.1. The number of hydrogen-bond donors (Lipinski definition) is 2. The fraction of sp³-hybridized carbons (Fsp3) is 0.571. The zero-order chi connectivity index (χ0) is 12.1. The maximum absolute atomic E-state index is 8.70. The second kappa shape index (κ2) is 6.03. The maximum Gasteiger partial charge on any atom is 0.119 e. The molecule has 1 saturated carbocycles. The van der Waals surface area contributed by atoms with Crippen molar-refractivity contribution in [3.8, 4) is 5.75 Å². The van der Waals surface area contributed by atoms with E-state index in [4.69, 9.17) is 9.84 Å². The molecule has 1 aromatic rings. The molecule has 0 aliphatic heterocycles. The number of rotatable bonds is 7. The summed E-state index contributed by atoms with van der Waals surface area (Å²) in [7, 11) is 0. The molecule has 1 fully saturated rings. The van der Waals surface area contributed by atoms with E-state index in [0.29, 0.717) is 25.1 Å². The average Bonchev–Trinajstić information content (AvgIpc) is 3.14. The summed E-state index contributed by atoms with van der Waals surface area (Å²) in [5, 5.41) is 12.3. The molecule has 0 aromatic heterocycles. The van der Waals surface area contributed by atoms with E-state index in [9.17, 15) is 0 Å². The first-order valence-corrected chi connectivity index (χ1v) is 6.39. The Hall–Kier alpha value is -1.06. The van der Waals surface area contributed by atoms with Gasteiger partial charge in [-0.1, -0.05) is 12.1 Å². The first-order valence-electron chi connectivity index (χ1n) is 6.39. The van der Waals surface area contributed by atoms with Crippen LogP contribution in [0.25, 0.3) is 0 Å². The Labute approximate surface area is 103 Å². The molecule has 1 unspecified atom stereocenters. The lowest BCUT2D eigenvalue weighted by Gasteiger charge is -2.15. The van der Waals surface area contributed by atoms with E-state index >= 15 is 0 Å². The van der Waals surface area contributed by atoms with Crippen molar-refractivity contribution in [1.82, 2.24) is 5.32 Å². The standard InChI is InChI=1S/C14H21NO2/c1-11(15-13-6-7-13)12-4-2-5-14(10-12)17-9-3-8-16/h2,4-5,10-11,13,15-16H,3,6-9H2,1H3. The molecule has 0 radical (unpaired) electrons. The number of aliphatic hydroxyl groups is 1. The third kappa shape index (κ3) is 4.02. The van der Waals surface area contributed by atoms with Gasteiger partial charge < -0.3 is 15.2 Å². The summed E-state index contributed by atoms with van der Waals surface area (Å²) < 4.78 is 5.57. The van der Waals surface area contributed by atoms with Crippen molar-refractivity contribution in [2.75, 3.05) is 13.2 Å². The second-order valence-electron chi connectivity index (χ2n) is 4.66. The minimum Gasteiger partial charge on any atom is -0.493 e. The largest absolute Gasteiger partial charge is 0.493 e.